The Bertz CT molecular complexity index is 791. The Labute approximate surface area is 156 Å². The smallest absolute Gasteiger partial charge is 0.0464 e. The van der Waals surface area contributed by atoms with Crippen LogP contribution in [0.3, 0.4) is 0 Å². The van der Waals surface area contributed by atoms with Crippen LogP contribution in [-0.2, 0) is 6.42 Å². The fourth-order valence-corrected chi connectivity index (χ4v) is 5.96. The molecule has 2 aromatic rings. The standard InChI is InChI=1S/C22H30N2S/c1-5-9-24-12-15(13-25-4)10-17-16-7-6-8-19-21(16)18(11-20(17)24)22(23-19)14(2)3/h6-8,15,17,20,23H,2,5,9-13H2,1,3-4H3/t15-,17-,20-/m1/s1. The zero-order chi connectivity index (χ0) is 17.6. The average Bonchev–Trinajstić information content (AvgIpc) is 2.97. The topological polar surface area (TPSA) is 19.0 Å². The molecule has 1 aliphatic carbocycles. The van der Waals surface area contributed by atoms with Gasteiger partial charge in [-0.15, -0.1) is 0 Å². The molecule has 1 fully saturated rings. The van der Waals surface area contributed by atoms with Crippen LogP contribution in [0.5, 0.6) is 0 Å². The van der Waals surface area contributed by atoms with Gasteiger partial charge in [-0.3, -0.25) is 4.90 Å². The van der Waals surface area contributed by atoms with Crippen LogP contribution in [0.4, 0.5) is 0 Å². The number of aromatic amines is 1. The van der Waals surface area contributed by atoms with Gasteiger partial charge in [0.05, 0.1) is 0 Å². The van der Waals surface area contributed by atoms with E-state index in [9.17, 15) is 0 Å². The molecule has 0 spiro atoms. The summed E-state index contributed by atoms with van der Waals surface area (Å²) in [5.41, 5.74) is 6.85. The van der Waals surface area contributed by atoms with Gasteiger partial charge in [0.1, 0.15) is 0 Å². The van der Waals surface area contributed by atoms with E-state index >= 15 is 0 Å². The van der Waals surface area contributed by atoms with E-state index in [4.69, 9.17) is 0 Å². The third-order valence-corrected chi connectivity index (χ3v) is 6.93. The Morgan fingerprint density at radius 2 is 2.24 bits per heavy atom. The predicted molar refractivity (Wildman–Crippen MR) is 112 cm³/mol. The molecule has 0 amide bonds. The molecule has 134 valence electrons. The van der Waals surface area contributed by atoms with E-state index in [0.717, 1.165) is 11.5 Å². The van der Waals surface area contributed by atoms with Gasteiger partial charge in [-0.25, -0.2) is 0 Å². The summed E-state index contributed by atoms with van der Waals surface area (Å²) in [6.45, 7) is 11.2. The molecule has 2 aliphatic rings. The number of likely N-dealkylation sites (tertiary alicyclic amines) is 1. The first-order chi connectivity index (χ1) is 12.1. The Morgan fingerprint density at radius 1 is 1.40 bits per heavy atom. The van der Waals surface area contributed by atoms with Gasteiger partial charge in [0.25, 0.3) is 0 Å². The summed E-state index contributed by atoms with van der Waals surface area (Å²) in [5.74, 6) is 2.79. The molecule has 1 N–H and O–H groups in total. The Kier molecular flexibility index (Phi) is 4.72. The number of thioether (sulfide) groups is 1. The normalized spacial score (nSPS) is 26.0. The first kappa shape index (κ1) is 17.2. The quantitative estimate of drug-likeness (QED) is 0.785. The number of aromatic nitrogens is 1. The van der Waals surface area contributed by atoms with Crippen LogP contribution in [0.15, 0.2) is 24.8 Å². The van der Waals surface area contributed by atoms with Crippen molar-refractivity contribution in [2.45, 2.75) is 45.1 Å². The van der Waals surface area contributed by atoms with Crippen LogP contribution in [0.25, 0.3) is 16.5 Å². The maximum atomic E-state index is 4.23. The molecular formula is C22H30N2S. The third-order valence-electron chi connectivity index (χ3n) is 6.13. The van der Waals surface area contributed by atoms with Gasteiger partial charge in [-0.05, 0) is 73.4 Å². The van der Waals surface area contributed by atoms with Crippen LogP contribution in [0, 0.1) is 5.92 Å². The first-order valence-corrected chi connectivity index (χ1v) is 11.1. The molecule has 1 saturated heterocycles. The van der Waals surface area contributed by atoms with Gasteiger partial charge in [0.15, 0.2) is 0 Å². The van der Waals surface area contributed by atoms with Crippen molar-refractivity contribution in [1.29, 1.82) is 0 Å². The second-order valence-electron chi connectivity index (χ2n) is 7.96. The highest BCUT2D eigenvalue weighted by atomic mass is 32.2. The third kappa shape index (κ3) is 2.86. The minimum Gasteiger partial charge on any atom is -0.355 e. The molecule has 0 radical (unpaired) electrons. The van der Waals surface area contributed by atoms with Crippen LogP contribution in [0.2, 0.25) is 0 Å². The van der Waals surface area contributed by atoms with E-state index in [-0.39, 0.29) is 0 Å². The molecule has 2 nitrogen and oxygen atoms in total. The summed E-state index contributed by atoms with van der Waals surface area (Å²) in [5, 5.41) is 1.50. The Morgan fingerprint density at radius 3 is 2.96 bits per heavy atom. The number of nitrogens with one attached hydrogen (secondary N) is 1. The van der Waals surface area contributed by atoms with Crippen molar-refractivity contribution in [3.63, 3.8) is 0 Å². The number of rotatable bonds is 5. The second-order valence-corrected chi connectivity index (χ2v) is 8.87. The summed E-state index contributed by atoms with van der Waals surface area (Å²) in [7, 11) is 0. The van der Waals surface area contributed by atoms with Crippen molar-refractivity contribution in [3.8, 4) is 0 Å². The summed E-state index contributed by atoms with van der Waals surface area (Å²) in [6.07, 6.45) is 6.02. The number of hydrogen-bond acceptors (Lipinski definition) is 2. The van der Waals surface area contributed by atoms with Crippen LogP contribution >= 0.6 is 11.8 Å². The van der Waals surface area contributed by atoms with Gasteiger partial charge >= 0.3 is 0 Å². The number of benzene rings is 1. The predicted octanol–water partition coefficient (Wildman–Crippen LogP) is 5.30. The van der Waals surface area contributed by atoms with Gasteiger partial charge in [0, 0.05) is 35.1 Å². The molecule has 0 saturated carbocycles. The zero-order valence-corrected chi connectivity index (χ0v) is 16.6. The molecule has 1 aromatic carbocycles. The lowest BCUT2D eigenvalue weighted by Crippen LogP contribution is -2.50. The number of hydrogen-bond donors (Lipinski definition) is 1. The van der Waals surface area contributed by atoms with Crippen LogP contribution in [0.1, 0.15) is 49.4 Å². The average molecular weight is 355 g/mol. The Balaban J connectivity index is 1.82. The van der Waals surface area contributed by atoms with E-state index in [0.29, 0.717) is 12.0 Å². The van der Waals surface area contributed by atoms with Crippen molar-refractivity contribution in [2.24, 2.45) is 5.92 Å². The maximum absolute atomic E-state index is 4.23. The van der Waals surface area contributed by atoms with Crippen molar-refractivity contribution in [2.75, 3.05) is 25.1 Å². The van der Waals surface area contributed by atoms with Crippen molar-refractivity contribution >= 4 is 28.2 Å². The summed E-state index contributed by atoms with van der Waals surface area (Å²) < 4.78 is 0. The molecule has 1 aliphatic heterocycles. The molecule has 2 heterocycles. The van der Waals surface area contributed by atoms with Gasteiger partial charge in [-0.1, -0.05) is 25.6 Å². The Hall–Kier alpha value is -1.19. The molecule has 3 heteroatoms. The minimum absolute atomic E-state index is 0.657. The fraction of sp³-hybridized carbons (Fsp3) is 0.545. The summed E-state index contributed by atoms with van der Waals surface area (Å²) >= 11 is 2.01. The lowest BCUT2D eigenvalue weighted by Gasteiger charge is -2.47. The van der Waals surface area contributed by atoms with E-state index in [1.807, 2.05) is 11.8 Å². The van der Waals surface area contributed by atoms with Crippen molar-refractivity contribution in [1.82, 2.24) is 9.88 Å². The van der Waals surface area contributed by atoms with Gasteiger partial charge in [0.2, 0.25) is 0 Å². The molecule has 25 heavy (non-hydrogen) atoms. The van der Waals surface area contributed by atoms with Crippen LogP contribution in [-0.4, -0.2) is 41.0 Å². The van der Waals surface area contributed by atoms with E-state index in [1.54, 1.807) is 5.56 Å². The fourth-order valence-electron chi connectivity index (χ4n) is 5.25. The minimum atomic E-state index is 0.657. The molecule has 0 unspecified atom stereocenters. The van der Waals surface area contributed by atoms with Gasteiger partial charge < -0.3 is 4.98 Å². The maximum Gasteiger partial charge on any atom is 0.0464 e. The molecule has 0 bridgehead atoms. The van der Waals surface area contributed by atoms with E-state index in [1.165, 1.54) is 60.3 Å². The number of piperidine rings is 1. The first-order valence-electron chi connectivity index (χ1n) is 9.66. The lowest BCUT2D eigenvalue weighted by molar-refractivity contribution is 0.0926. The number of H-pyrrole nitrogens is 1. The van der Waals surface area contributed by atoms with Crippen molar-refractivity contribution in [3.05, 3.63) is 41.6 Å². The largest absolute Gasteiger partial charge is 0.355 e. The molecule has 1 aromatic heterocycles. The highest BCUT2D eigenvalue weighted by Gasteiger charge is 2.41. The van der Waals surface area contributed by atoms with Crippen molar-refractivity contribution < 1.29 is 0 Å². The molecule has 4 rings (SSSR count). The monoisotopic (exact) mass is 354 g/mol. The van der Waals surface area contributed by atoms with E-state index < -0.39 is 0 Å². The molecule has 3 atom stereocenters. The second kappa shape index (κ2) is 6.85. The zero-order valence-electron chi connectivity index (χ0n) is 15.8. The number of nitrogens with zero attached hydrogens (tertiary/aromatic N) is 1. The highest BCUT2D eigenvalue weighted by Crippen LogP contribution is 2.46. The molecular weight excluding hydrogens is 324 g/mol. The SMILES string of the molecule is C=C(C)c1[nH]c2cccc3c2c1C[C@@H]1[C@@H]3C[C@@H](CSC)CN1CCC. The number of allylic oxidation sites excluding steroid dienone is 1. The van der Waals surface area contributed by atoms with E-state index in [2.05, 4.69) is 54.8 Å². The summed E-state index contributed by atoms with van der Waals surface area (Å²) in [6, 6.07) is 7.53. The number of fused-ring (bicyclic) bond motifs is 2. The summed E-state index contributed by atoms with van der Waals surface area (Å²) in [4.78, 5) is 6.46. The lowest BCUT2D eigenvalue weighted by atomic mass is 9.72. The van der Waals surface area contributed by atoms with Crippen LogP contribution < -0.4 is 0 Å². The highest BCUT2D eigenvalue weighted by molar-refractivity contribution is 7.98. The van der Waals surface area contributed by atoms with Gasteiger partial charge in [-0.2, -0.15) is 11.8 Å².